The summed E-state index contributed by atoms with van der Waals surface area (Å²) in [6.45, 7) is 5.44. The molecular weight excluding hydrogens is 516 g/mol. The van der Waals surface area contributed by atoms with Gasteiger partial charge in [0, 0.05) is 0 Å². The van der Waals surface area contributed by atoms with Crippen molar-refractivity contribution in [2.24, 2.45) is 0 Å². The van der Waals surface area contributed by atoms with Gasteiger partial charge in [-0.1, -0.05) is 145 Å². The number of unbranched alkanes of at least 4 members (excludes halogenated alkanes) is 17. The van der Waals surface area contributed by atoms with Crippen molar-refractivity contribution in [2.75, 3.05) is 13.2 Å². The molecule has 0 aliphatic carbocycles. The van der Waals surface area contributed by atoms with E-state index >= 15 is 0 Å². The van der Waals surface area contributed by atoms with Crippen LogP contribution in [0, 0.1) is 0 Å². The average Bonchev–Trinajstić information content (AvgIpc) is 3.00. The molecule has 0 saturated heterocycles. The van der Waals surface area contributed by atoms with E-state index in [-0.39, 0.29) is 0 Å². The Bertz CT molecular complexity index is 686. The number of carbonyl (C=O) groups is 1. The van der Waals surface area contributed by atoms with E-state index in [2.05, 4.69) is 74.6 Å². The third-order valence-electron chi connectivity index (χ3n) is 7.32. The van der Waals surface area contributed by atoms with Crippen LogP contribution in [-0.2, 0) is 9.47 Å². The van der Waals surface area contributed by atoms with Gasteiger partial charge in [-0.15, -0.1) is 0 Å². The zero-order chi connectivity index (χ0) is 30.4. The lowest BCUT2D eigenvalue weighted by molar-refractivity contribution is 0.0530. The fourth-order valence-electron chi connectivity index (χ4n) is 4.63. The zero-order valence-corrected chi connectivity index (χ0v) is 27.9. The van der Waals surface area contributed by atoms with Crippen LogP contribution in [0.1, 0.15) is 168 Å². The molecule has 0 spiro atoms. The summed E-state index contributed by atoms with van der Waals surface area (Å²) >= 11 is 0. The van der Waals surface area contributed by atoms with Gasteiger partial charge in [-0.2, -0.15) is 0 Å². The summed E-state index contributed by atoms with van der Waals surface area (Å²) in [4.78, 5) is 11.7. The predicted molar refractivity (Wildman–Crippen MR) is 185 cm³/mol. The molecule has 0 unspecified atom stereocenters. The SMILES string of the molecule is CCCCC/C=C\C/C=C\C/C=C\C/C=C\CCCCOC(=O)OCCCCCCCC/C=C\CCCCCCCC. The van der Waals surface area contributed by atoms with Crippen molar-refractivity contribution in [1.82, 2.24) is 0 Å². The van der Waals surface area contributed by atoms with Crippen LogP contribution < -0.4 is 0 Å². The summed E-state index contributed by atoms with van der Waals surface area (Å²) in [6, 6.07) is 0. The van der Waals surface area contributed by atoms with Crippen molar-refractivity contribution < 1.29 is 14.3 Å². The van der Waals surface area contributed by atoms with Crippen LogP contribution in [0.3, 0.4) is 0 Å². The van der Waals surface area contributed by atoms with Crippen molar-refractivity contribution in [3.63, 3.8) is 0 Å². The molecule has 0 radical (unpaired) electrons. The molecule has 0 aliphatic heterocycles. The first kappa shape index (κ1) is 40.0. The number of hydrogen-bond acceptors (Lipinski definition) is 3. The molecule has 0 aromatic rings. The Hall–Kier alpha value is -2.03. The van der Waals surface area contributed by atoms with Crippen molar-refractivity contribution in [1.29, 1.82) is 0 Å². The second-order valence-electron chi connectivity index (χ2n) is 11.5. The molecule has 0 bridgehead atoms. The molecule has 0 rings (SSSR count). The van der Waals surface area contributed by atoms with Crippen LogP contribution in [-0.4, -0.2) is 19.4 Å². The second kappa shape index (κ2) is 37.0. The summed E-state index contributed by atoms with van der Waals surface area (Å²) in [7, 11) is 0. The van der Waals surface area contributed by atoms with Crippen molar-refractivity contribution in [3.05, 3.63) is 60.8 Å². The minimum atomic E-state index is -0.513. The fourth-order valence-corrected chi connectivity index (χ4v) is 4.63. The number of hydrogen-bond donors (Lipinski definition) is 0. The van der Waals surface area contributed by atoms with Crippen LogP contribution in [0.15, 0.2) is 60.8 Å². The smallest absolute Gasteiger partial charge is 0.434 e. The summed E-state index contributed by atoms with van der Waals surface area (Å²) in [6.07, 6.45) is 51.1. The first-order chi connectivity index (χ1) is 20.8. The molecule has 0 aromatic carbocycles. The van der Waals surface area contributed by atoms with E-state index in [9.17, 15) is 4.79 Å². The molecule has 0 N–H and O–H groups in total. The van der Waals surface area contributed by atoms with Crippen LogP contribution in [0.2, 0.25) is 0 Å². The quantitative estimate of drug-likeness (QED) is 0.0462. The minimum absolute atomic E-state index is 0.445. The van der Waals surface area contributed by atoms with Gasteiger partial charge in [0.25, 0.3) is 0 Å². The van der Waals surface area contributed by atoms with E-state index in [0.717, 1.165) is 51.4 Å². The average molecular weight is 585 g/mol. The van der Waals surface area contributed by atoms with Crippen molar-refractivity contribution >= 4 is 6.16 Å². The summed E-state index contributed by atoms with van der Waals surface area (Å²) in [5, 5.41) is 0. The number of rotatable bonds is 31. The minimum Gasteiger partial charge on any atom is -0.434 e. The Morgan fingerprint density at radius 3 is 1.14 bits per heavy atom. The Kier molecular flexibility index (Phi) is 35.2. The van der Waals surface area contributed by atoms with Gasteiger partial charge < -0.3 is 9.47 Å². The number of carbonyl (C=O) groups excluding carboxylic acids is 1. The first-order valence-corrected chi connectivity index (χ1v) is 17.9. The lowest BCUT2D eigenvalue weighted by atomic mass is 10.1. The first-order valence-electron chi connectivity index (χ1n) is 17.9. The van der Waals surface area contributed by atoms with Gasteiger partial charge in [0.05, 0.1) is 13.2 Å². The largest absolute Gasteiger partial charge is 0.508 e. The van der Waals surface area contributed by atoms with Gasteiger partial charge in [0.1, 0.15) is 0 Å². The number of ether oxygens (including phenoxy) is 2. The molecular formula is C39H68O3. The van der Waals surface area contributed by atoms with Gasteiger partial charge in [-0.3, -0.25) is 0 Å². The Labute approximate surface area is 262 Å². The van der Waals surface area contributed by atoms with Gasteiger partial charge in [-0.25, -0.2) is 4.79 Å². The third-order valence-corrected chi connectivity index (χ3v) is 7.32. The van der Waals surface area contributed by atoms with E-state index in [1.165, 1.54) is 103 Å². The Balaban J connectivity index is 3.35. The molecule has 0 heterocycles. The Morgan fingerprint density at radius 1 is 0.381 bits per heavy atom. The molecule has 0 atom stereocenters. The topological polar surface area (TPSA) is 35.5 Å². The highest BCUT2D eigenvalue weighted by atomic mass is 16.7. The third kappa shape index (κ3) is 36.0. The van der Waals surface area contributed by atoms with Crippen LogP contribution in [0.25, 0.3) is 0 Å². The van der Waals surface area contributed by atoms with Gasteiger partial charge >= 0.3 is 6.16 Å². The van der Waals surface area contributed by atoms with Crippen LogP contribution >= 0.6 is 0 Å². The maximum absolute atomic E-state index is 11.7. The highest BCUT2D eigenvalue weighted by molar-refractivity contribution is 5.59. The van der Waals surface area contributed by atoms with E-state index < -0.39 is 6.16 Å². The van der Waals surface area contributed by atoms with Gasteiger partial charge in [0.15, 0.2) is 0 Å². The highest BCUT2D eigenvalue weighted by Gasteiger charge is 2.02. The molecule has 3 heteroatoms. The van der Waals surface area contributed by atoms with Crippen molar-refractivity contribution in [3.8, 4) is 0 Å². The molecule has 42 heavy (non-hydrogen) atoms. The molecule has 3 nitrogen and oxygen atoms in total. The standard InChI is InChI=1S/C39H68O3/c1-3-5-7-9-11-13-15-17-19-21-22-24-26-28-30-32-34-36-38-42-39(40)41-37-35-33-31-29-27-25-23-20-18-16-14-12-10-8-6-4-2/h11,13,17-20,22,24,28,30H,3-10,12,14-16,21,23,25-27,29,31-38H2,1-2H3/b13-11-,19-17-,20-18-,24-22-,30-28-. The van der Waals surface area contributed by atoms with Crippen molar-refractivity contribution in [2.45, 2.75) is 168 Å². The lowest BCUT2D eigenvalue weighted by Gasteiger charge is -2.06. The molecule has 0 aliphatic rings. The molecule has 0 aromatic heterocycles. The maximum atomic E-state index is 11.7. The highest BCUT2D eigenvalue weighted by Crippen LogP contribution is 2.10. The van der Waals surface area contributed by atoms with Crippen LogP contribution in [0.4, 0.5) is 4.79 Å². The summed E-state index contributed by atoms with van der Waals surface area (Å²) in [5.41, 5.74) is 0. The second-order valence-corrected chi connectivity index (χ2v) is 11.5. The van der Waals surface area contributed by atoms with E-state index in [4.69, 9.17) is 9.47 Å². The summed E-state index contributed by atoms with van der Waals surface area (Å²) in [5.74, 6) is 0. The summed E-state index contributed by atoms with van der Waals surface area (Å²) < 4.78 is 10.4. The normalized spacial score (nSPS) is 12.2. The van der Waals surface area contributed by atoms with Gasteiger partial charge in [0.2, 0.25) is 0 Å². The molecule has 242 valence electrons. The van der Waals surface area contributed by atoms with Crippen LogP contribution in [0.5, 0.6) is 0 Å². The van der Waals surface area contributed by atoms with E-state index in [0.29, 0.717) is 13.2 Å². The monoisotopic (exact) mass is 585 g/mol. The predicted octanol–water partition coefficient (Wildman–Crippen LogP) is 13.3. The number of allylic oxidation sites excluding steroid dienone is 10. The fraction of sp³-hybridized carbons (Fsp3) is 0.718. The van der Waals surface area contributed by atoms with Gasteiger partial charge in [-0.05, 0) is 83.5 Å². The van der Waals surface area contributed by atoms with E-state index in [1.54, 1.807) is 0 Å². The lowest BCUT2D eigenvalue weighted by Crippen LogP contribution is -2.09. The molecule has 0 fully saturated rings. The maximum Gasteiger partial charge on any atom is 0.508 e. The molecule has 0 saturated carbocycles. The zero-order valence-electron chi connectivity index (χ0n) is 27.9. The van der Waals surface area contributed by atoms with E-state index in [1.807, 2.05) is 0 Å². The Morgan fingerprint density at radius 2 is 0.667 bits per heavy atom. The molecule has 0 amide bonds.